The van der Waals surface area contributed by atoms with Gasteiger partial charge in [0.15, 0.2) is 0 Å². The highest BCUT2D eigenvalue weighted by Crippen LogP contribution is 2.30. The van der Waals surface area contributed by atoms with E-state index in [2.05, 4.69) is 10.1 Å². The van der Waals surface area contributed by atoms with Gasteiger partial charge in [0.05, 0.1) is 11.1 Å². The number of amides is 1. The number of carbonyl (C=O) groups is 2. The molecule has 3 rings (SSSR count). The number of hydrogen-bond acceptors (Lipinski definition) is 4. The van der Waals surface area contributed by atoms with Gasteiger partial charge in [0.2, 0.25) is 0 Å². The van der Waals surface area contributed by atoms with Gasteiger partial charge in [-0.3, -0.25) is 9.59 Å². The minimum absolute atomic E-state index is 0.129. The topological polar surface area (TPSA) is 88.3 Å². The first-order chi connectivity index (χ1) is 11.4. The van der Waals surface area contributed by atoms with Gasteiger partial charge in [-0.2, -0.15) is 5.10 Å². The molecule has 1 fully saturated rings. The molecule has 1 unspecified atom stereocenters. The van der Waals surface area contributed by atoms with Crippen LogP contribution in [0.25, 0.3) is 5.69 Å². The van der Waals surface area contributed by atoms with Crippen molar-refractivity contribution in [3.8, 4) is 5.69 Å². The van der Waals surface area contributed by atoms with E-state index in [4.69, 9.17) is 0 Å². The summed E-state index contributed by atoms with van der Waals surface area (Å²) in [5.41, 5.74) is 1.46. The van der Waals surface area contributed by atoms with Crippen molar-refractivity contribution in [1.82, 2.24) is 19.7 Å². The van der Waals surface area contributed by atoms with Crippen molar-refractivity contribution in [2.24, 2.45) is 5.41 Å². The second-order valence-electron chi connectivity index (χ2n) is 6.54. The van der Waals surface area contributed by atoms with Crippen LogP contribution in [0.15, 0.2) is 30.9 Å². The molecule has 0 spiro atoms. The van der Waals surface area contributed by atoms with Crippen LogP contribution in [0.3, 0.4) is 0 Å². The quantitative estimate of drug-likeness (QED) is 0.929. The molecule has 7 heteroatoms. The number of carboxylic acid groups (broad SMARTS) is 1. The summed E-state index contributed by atoms with van der Waals surface area (Å²) in [5, 5.41) is 13.5. The van der Waals surface area contributed by atoms with Gasteiger partial charge < -0.3 is 10.0 Å². The van der Waals surface area contributed by atoms with Crippen molar-refractivity contribution in [3.05, 3.63) is 42.0 Å². The summed E-state index contributed by atoms with van der Waals surface area (Å²) in [6.45, 7) is 4.44. The molecule has 1 N–H and O–H groups in total. The van der Waals surface area contributed by atoms with Crippen LogP contribution >= 0.6 is 0 Å². The lowest BCUT2D eigenvalue weighted by Crippen LogP contribution is -2.48. The maximum absolute atomic E-state index is 12.8. The number of likely N-dealkylation sites (tertiary alicyclic amines) is 1. The highest BCUT2D eigenvalue weighted by molar-refractivity contribution is 5.95. The van der Waals surface area contributed by atoms with Crippen molar-refractivity contribution in [1.29, 1.82) is 0 Å². The maximum Gasteiger partial charge on any atom is 0.311 e. The Kier molecular flexibility index (Phi) is 4.09. The summed E-state index contributed by atoms with van der Waals surface area (Å²) in [4.78, 5) is 29.8. The number of piperidine rings is 1. The van der Waals surface area contributed by atoms with Crippen LogP contribution in [0.5, 0.6) is 0 Å². The monoisotopic (exact) mass is 328 g/mol. The van der Waals surface area contributed by atoms with Crippen molar-refractivity contribution < 1.29 is 14.7 Å². The van der Waals surface area contributed by atoms with Gasteiger partial charge in [0.25, 0.3) is 5.91 Å². The second kappa shape index (κ2) is 6.07. The number of aryl methyl sites for hydroxylation is 1. The number of aromatic nitrogens is 3. The predicted octanol–water partition coefficient (Wildman–Crippen LogP) is 1.90. The molecule has 1 saturated heterocycles. The van der Waals surface area contributed by atoms with E-state index in [1.54, 1.807) is 28.9 Å². The summed E-state index contributed by atoms with van der Waals surface area (Å²) < 4.78 is 1.64. The molecule has 2 heterocycles. The van der Waals surface area contributed by atoms with Crippen molar-refractivity contribution in [2.75, 3.05) is 13.1 Å². The minimum atomic E-state index is -0.871. The van der Waals surface area contributed by atoms with Crippen LogP contribution in [0, 0.1) is 12.3 Å². The lowest BCUT2D eigenvalue weighted by atomic mass is 9.82. The van der Waals surface area contributed by atoms with Gasteiger partial charge in [0, 0.05) is 18.7 Å². The number of carbonyl (C=O) groups excluding carboxylic acids is 1. The average molecular weight is 328 g/mol. The van der Waals surface area contributed by atoms with Gasteiger partial charge in [-0.1, -0.05) is 0 Å². The molecule has 7 nitrogen and oxygen atoms in total. The molecule has 1 aliphatic heterocycles. The number of rotatable bonds is 3. The number of nitrogens with zero attached hydrogens (tertiary/aromatic N) is 4. The molecule has 1 aromatic heterocycles. The lowest BCUT2D eigenvalue weighted by molar-refractivity contribution is -0.150. The number of carboxylic acids is 1. The second-order valence-corrected chi connectivity index (χ2v) is 6.54. The molecule has 24 heavy (non-hydrogen) atoms. The van der Waals surface area contributed by atoms with Crippen molar-refractivity contribution in [3.63, 3.8) is 0 Å². The first-order valence-electron chi connectivity index (χ1n) is 7.89. The Morgan fingerprint density at radius 3 is 2.75 bits per heavy atom. The minimum Gasteiger partial charge on any atom is -0.481 e. The first-order valence-corrected chi connectivity index (χ1v) is 7.89. The Morgan fingerprint density at radius 1 is 1.33 bits per heavy atom. The van der Waals surface area contributed by atoms with E-state index >= 15 is 0 Å². The molecule has 126 valence electrons. The van der Waals surface area contributed by atoms with Gasteiger partial charge in [-0.25, -0.2) is 9.67 Å². The Hall–Kier alpha value is -2.70. The van der Waals surface area contributed by atoms with E-state index in [1.807, 2.05) is 19.1 Å². The summed E-state index contributed by atoms with van der Waals surface area (Å²) >= 11 is 0. The zero-order valence-electron chi connectivity index (χ0n) is 13.8. The molecule has 1 amide bonds. The third-order valence-corrected chi connectivity index (χ3v) is 4.61. The fourth-order valence-electron chi connectivity index (χ4n) is 3.15. The van der Waals surface area contributed by atoms with E-state index in [1.165, 1.54) is 6.33 Å². The maximum atomic E-state index is 12.8. The fraction of sp³-hybridized carbons (Fsp3) is 0.412. The van der Waals surface area contributed by atoms with Gasteiger partial charge >= 0.3 is 5.97 Å². The summed E-state index contributed by atoms with van der Waals surface area (Å²) in [6, 6.07) is 5.39. The van der Waals surface area contributed by atoms with E-state index < -0.39 is 11.4 Å². The molecule has 0 saturated carbocycles. The third kappa shape index (κ3) is 2.89. The largest absolute Gasteiger partial charge is 0.481 e. The summed E-state index contributed by atoms with van der Waals surface area (Å²) in [6.07, 6.45) is 4.35. The Bertz CT molecular complexity index is 772. The summed E-state index contributed by atoms with van der Waals surface area (Å²) in [5.74, 6) is -0.979. The fourth-order valence-corrected chi connectivity index (χ4v) is 3.15. The van der Waals surface area contributed by atoms with Crippen LogP contribution in [0.4, 0.5) is 0 Å². The molecule has 1 aromatic carbocycles. The Labute approximate surface area is 139 Å². The van der Waals surface area contributed by atoms with Crippen LogP contribution in [-0.4, -0.2) is 49.7 Å². The molecule has 1 aliphatic rings. The molecule has 2 aromatic rings. The van der Waals surface area contributed by atoms with E-state index in [0.717, 1.165) is 11.3 Å². The van der Waals surface area contributed by atoms with Gasteiger partial charge in [0.1, 0.15) is 12.7 Å². The van der Waals surface area contributed by atoms with E-state index in [0.29, 0.717) is 24.9 Å². The summed E-state index contributed by atoms with van der Waals surface area (Å²) in [7, 11) is 0. The highest BCUT2D eigenvalue weighted by Gasteiger charge is 2.39. The first kappa shape index (κ1) is 16.2. The smallest absolute Gasteiger partial charge is 0.311 e. The molecule has 0 bridgehead atoms. The standard InChI is InChI=1S/C17H20N4O3/c1-12-8-13(4-5-14(12)21-11-18-10-19-21)15(22)20-7-3-6-17(2,9-20)16(23)24/h4-5,8,10-11H,3,6-7,9H2,1-2H3,(H,23,24). The normalized spacial score (nSPS) is 20.8. The number of benzene rings is 1. The molecule has 0 radical (unpaired) electrons. The zero-order valence-corrected chi connectivity index (χ0v) is 13.8. The zero-order chi connectivity index (χ0) is 17.3. The SMILES string of the molecule is Cc1cc(C(=O)N2CCCC(C)(C(=O)O)C2)ccc1-n1cncn1. The molecule has 0 aliphatic carbocycles. The van der Waals surface area contributed by atoms with Crippen LogP contribution in [0.2, 0.25) is 0 Å². The molecule has 1 atom stereocenters. The molecular formula is C17H20N4O3. The Balaban J connectivity index is 1.83. The predicted molar refractivity (Wildman–Crippen MR) is 87.0 cm³/mol. The van der Waals surface area contributed by atoms with E-state index in [9.17, 15) is 14.7 Å². The van der Waals surface area contributed by atoms with Crippen LogP contribution in [0.1, 0.15) is 35.7 Å². The van der Waals surface area contributed by atoms with Crippen LogP contribution in [-0.2, 0) is 4.79 Å². The van der Waals surface area contributed by atoms with Crippen LogP contribution < -0.4 is 0 Å². The number of aliphatic carboxylic acids is 1. The van der Waals surface area contributed by atoms with Gasteiger partial charge in [-0.05, 0) is 50.5 Å². The van der Waals surface area contributed by atoms with E-state index in [-0.39, 0.29) is 12.5 Å². The van der Waals surface area contributed by atoms with Gasteiger partial charge in [-0.15, -0.1) is 0 Å². The number of hydrogen-bond donors (Lipinski definition) is 1. The Morgan fingerprint density at radius 2 is 2.12 bits per heavy atom. The van der Waals surface area contributed by atoms with Crippen molar-refractivity contribution >= 4 is 11.9 Å². The lowest BCUT2D eigenvalue weighted by Gasteiger charge is -2.37. The van der Waals surface area contributed by atoms with Crippen molar-refractivity contribution in [2.45, 2.75) is 26.7 Å². The highest BCUT2D eigenvalue weighted by atomic mass is 16.4. The third-order valence-electron chi connectivity index (χ3n) is 4.61. The average Bonchev–Trinajstić information content (AvgIpc) is 3.08. The molecular weight excluding hydrogens is 308 g/mol.